The molecule has 26 heavy (non-hydrogen) atoms. The summed E-state index contributed by atoms with van der Waals surface area (Å²) in [5.74, 6) is 1.37. The summed E-state index contributed by atoms with van der Waals surface area (Å²) in [5.41, 5.74) is 1.15. The summed E-state index contributed by atoms with van der Waals surface area (Å²) in [6.07, 6.45) is 11.8. The molecule has 1 unspecified atom stereocenters. The first kappa shape index (κ1) is 16.8. The summed E-state index contributed by atoms with van der Waals surface area (Å²) in [6.45, 7) is 4.66. The summed E-state index contributed by atoms with van der Waals surface area (Å²) in [7, 11) is 0. The van der Waals surface area contributed by atoms with Crippen molar-refractivity contribution in [3.63, 3.8) is 0 Å². The minimum Gasteiger partial charge on any atom is -0.337 e. The van der Waals surface area contributed by atoms with Gasteiger partial charge in [0.05, 0.1) is 0 Å². The lowest BCUT2D eigenvalue weighted by Gasteiger charge is -2.32. The summed E-state index contributed by atoms with van der Waals surface area (Å²) >= 11 is 0. The predicted molar refractivity (Wildman–Crippen MR) is 98.0 cm³/mol. The van der Waals surface area contributed by atoms with Gasteiger partial charge in [-0.05, 0) is 25.3 Å². The van der Waals surface area contributed by atoms with E-state index in [-0.39, 0.29) is 11.8 Å². The summed E-state index contributed by atoms with van der Waals surface area (Å²) < 4.78 is 3.89. The van der Waals surface area contributed by atoms with Crippen molar-refractivity contribution in [2.45, 2.75) is 45.1 Å². The second-order valence-electron chi connectivity index (χ2n) is 6.87. The molecule has 4 heterocycles. The largest absolute Gasteiger partial charge is 0.337 e. The number of hydrogen-bond acceptors (Lipinski definition) is 4. The van der Waals surface area contributed by atoms with Gasteiger partial charge >= 0.3 is 0 Å². The first-order valence-electron chi connectivity index (χ1n) is 9.37. The van der Waals surface area contributed by atoms with Crippen LogP contribution < -0.4 is 0 Å². The van der Waals surface area contributed by atoms with Gasteiger partial charge in [-0.3, -0.25) is 4.79 Å². The van der Waals surface area contributed by atoms with Gasteiger partial charge in [0.15, 0.2) is 11.3 Å². The number of amides is 1. The van der Waals surface area contributed by atoms with E-state index >= 15 is 0 Å². The highest BCUT2D eigenvalue weighted by Crippen LogP contribution is 2.27. The molecule has 0 aliphatic carbocycles. The predicted octanol–water partition coefficient (Wildman–Crippen LogP) is 2.75. The zero-order valence-corrected chi connectivity index (χ0v) is 15.1. The highest BCUT2D eigenvalue weighted by Gasteiger charge is 2.29. The molecule has 1 aliphatic rings. The molecule has 0 spiro atoms. The van der Waals surface area contributed by atoms with Crippen LogP contribution in [0, 0.1) is 0 Å². The number of fused-ring (bicyclic) bond motifs is 1. The van der Waals surface area contributed by atoms with Gasteiger partial charge in [0.1, 0.15) is 5.82 Å². The number of likely N-dealkylation sites (tertiary alicyclic amines) is 1. The fourth-order valence-corrected chi connectivity index (χ4v) is 3.67. The minimum atomic E-state index is -0.0214. The van der Waals surface area contributed by atoms with Crippen molar-refractivity contribution >= 4 is 11.6 Å². The molecule has 1 fully saturated rings. The molecule has 7 nitrogen and oxygen atoms in total. The molecule has 3 aromatic rings. The molecular formula is C19H24N6O. The van der Waals surface area contributed by atoms with Crippen molar-refractivity contribution in [3.05, 3.63) is 48.4 Å². The molecule has 1 saturated heterocycles. The van der Waals surface area contributed by atoms with E-state index < -0.39 is 0 Å². The van der Waals surface area contributed by atoms with Gasteiger partial charge in [0.2, 0.25) is 0 Å². The highest BCUT2D eigenvalue weighted by molar-refractivity contribution is 5.93. The molecule has 0 saturated carbocycles. The molecule has 1 amide bonds. The van der Waals surface area contributed by atoms with Crippen molar-refractivity contribution in [1.82, 2.24) is 29.0 Å². The molecule has 0 radical (unpaired) electrons. The minimum absolute atomic E-state index is 0.0214. The molecule has 3 aromatic heterocycles. The van der Waals surface area contributed by atoms with Gasteiger partial charge < -0.3 is 9.47 Å². The number of imidazole rings is 1. The molecule has 7 heteroatoms. The Kier molecular flexibility index (Phi) is 4.69. The maximum Gasteiger partial charge on any atom is 0.274 e. The Balaban J connectivity index is 1.51. The number of aryl methyl sites for hydroxylation is 1. The third kappa shape index (κ3) is 3.21. The number of carbonyl (C=O) groups is 1. The average molecular weight is 352 g/mol. The zero-order chi connectivity index (χ0) is 17.9. The first-order chi connectivity index (χ1) is 12.8. The third-order valence-corrected chi connectivity index (χ3v) is 5.03. The number of rotatable bonds is 5. The molecular weight excluding hydrogens is 328 g/mol. The lowest BCUT2D eigenvalue weighted by Crippen LogP contribution is -2.40. The number of carbonyl (C=O) groups excluding carboxylic acids is 1. The second kappa shape index (κ2) is 7.27. The number of unbranched alkanes of at least 4 members (excludes halogenated alkanes) is 1. The summed E-state index contributed by atoms with van der Waals surface area (Å²) in [4.78, 5) is 23.7. The molecule has 136 valence electrons. The summed E-state index contributed by atoms with van der Waals surface area (Å²) in [6, 6.07) is 3.56. The van der Waals surface area contributed by atoms with Crippen LogP contribution >= 0.6 is 0 Å². The fourth-order valence-electron chi connectivity index (χ4n) is 3.67. The number of aromatic nitrogens is 5. The van der Waals surface area contributed by atoms with Crippen molar-refractivity contribution in [3.8, 4) is 0 Å². The van der Waals surface area contributed by atoms with E-state index in [2.05, 4.69) is 32.8 Å². The molecule has 0 bridgehead atoms. The second-order valence-corrected chi connectivity index (χ2v) is 6.87. The Bertz CT molecular complexity index is 865. The van der Waals surface area contributed by atoms with E-state index in [1.54, 1.807) is 22.8 Å². The maximum absolute atomic E-state index is 12.9. The van der Waals surface area contributed by atoms with E-state index in [4.69, 9.17) is 0 Å². The van der Waals surface area contributed by atoms with Gasteiger partial charge in [-0.2, -0.15) is 5.10 Å². The number of piperidine rings is 1. The molecule has 0 aromatic carbocycles. The normalized spacial score (nSPS) is 17.7. The monoisotopic (exact) mass is 352 g/mol. The smallest absolute Gasteiger partial charge is 0.274 e. The SMILES string of the molecule is CCCCn1ccnc1C1CCCN(C(=O)c2cc3ncccn3n2)C1. The van der Waals surface area contributed by atoms with Crippen LogP contribution in [-0.4, -0.2) is 48.0 Å². The van der Waals surface area contributed by atoms with E-state index in [0.29, 0.717) is 17.9 Å². The highest BCUT2D eigenvalue weighted by atomic mass is 16.2. The zero-order valence-electron chi connectivity index (χ0n) is 15.1. The Hall–Kier alpha value is -2.70. The van der Waals surface area contributed by atoms with E-state index in [0.717, 1.165) is 44.6 Å². The van der Waals surface area contributed by atoms with Gasteiger partial charge in [-0.25, -0.2) is 14.5 Å². The van der Waals surface area contributed by atoms with Crippen LogP contribution in [0.3, 0.4) is 0 Å². The molecule has 1 atom stereocenters. The van der Waals surface area contributed by atoms with Crippen LogP contribution in [0.4, 0.5) is 0 Å². The van der Waals surface area contributed by atoms with Crippen LogP contribution in [0.1, 0.15) is 54.8 Å². The molecule has 1 aliphatic heterocycles. The third-order valence-electron chi connectivity index (χ3n) is 5.03. The Labute approximate surface area is 152 Å². The van der Waals surface area contributed by atoms with Crippen LogP contribution in [0.15, 0.2) is 36.9 Å². The van der Waals surface area contributed by atoms with Gasteiger partial charge in [0.25, 0.3) is 5.91 Å². The van der Waals surface area contributed by atoms with Gasteiger partial charge in [-0.1, -0.05) is 13.3 Å². The van der Waals surface area contributed by atoms with Crippen molar-refractivity contribution in [1.29, 1.82) is 0 Å². The number of nitrogens with zero attached hydrogens (tertiary/aromatic N) is 6. The maximum atomic E-state index is 12.9. The van der Waals surface area contributed by atoms with Gasteiger partial charge in [-0.15, -0.1) is 0 Å². The van der Waals surface area contributed by atoms with E-state index in [1.165, 1.54) is 0 Å². The first-order valence-corrected chi connectivity index (χ1v) is 9.37. The lowest BCUT2D eigenvalue weighted by molar-refractivity contribution is 0.0697. The number of hydrogen-bond donors (Lipinski definition) is 0. The Morgan fingerprint density at radius 3 is 3.04 bits per heavy atom. The van der Waals surface area contributed by atoms with Crippen LogP contribution in [0.25, 0.3) is 5.65 Å². The quantitative estimate of drug-likeness (QED) is 0.708. The Morgan fingerprint density at radius 2 is 2.19 bits per heavy atom. The van der Waals surface area contributed by atoms with Crippen molar-refractivity contribution in [2.24, 2.45) is 0 Å². The topological polar surface area (TPSA) is 68.3 Å². The lowest BCUT2D eigenvalue weighted by atomic mass is 9.96. The Morgan fingerprint density at radius 1 is 1.27 bits per heavy atom. The van der Waals surface area contributed by atoms with Crippen LogP contribution in [-0.2, 0) is 6.54 Å². The molecule has 4 rings (SSSR count). The fraction of sp³-hybridized carbons (Fsp3) is 0.474. The standard InChI is InChI=1S/C19H24N6O/c1-2-3-9-23-12-8-21-18(23)15-6-4-10-24(14-15)19(26)16-13-17-20-7-5-11-25(17)22-16/h5,7-8,11-13,15H,2-4,6,9-10,14H2,1H3. The van der Waals surface area contributed by atoms with Crippen LogP contribution in [0.2, 0.25) is 0 Å². The van der Waals surface area contributed by atoms with Crippen molar-refractivity contribution < 1.29 is 4.79 Å². The molecule has 0 N–H and O–H groups in total. The van der Waals surface area contributed by atoms with E-state index in [9.17, 15) is 4.79 Å². The van der Waals surface area contributed by atoms with E-state index in [1.807, 2.05) is 17.3 Å². The van der Waals surface area contributed by atoms with Gasteiger partial charge in [0, 0.05) is 56.4 Å². The summed E-state index contributed by atoms with van der Waals surface area (Å²) in [5, 5.41) is 4.38. The van der Waals surface area contributed by atoms with Crippen LogP contribution in [0.5, 0.6) is 0 Å². The average Bonchev–Trinajstić information content (AvgIpc) is 3.32. The van der Waals surface area contributed by atoms with Crippen molar-refractivity contribution in [2.75, 3.05) is 13.1 Å².